The Balaban J connectivity index is 3.38. The van der Waals surface area contributed by atoms with Crippen molar-refractivity contribution < 1.29 is 9.90 Å². The molecule has 106 valence electrons. The van der Waals surface area contributed by atoms with Gasteiger partial charge in [0.1, 0.15) is 5.75 Å². The van der Waals surface area contributed by atoms with E-state index >= 15 is 0 Å². The average Bonchev–Trinajstić information content (AvgIpc) is 2.24. The van der Waals surface area contributed by atoms with Crippen LogP contribution in [0.2, 0.25) is 0 Å². The van der Waals surface area contributed by atoms with Crippen LogP contribution < -0.4 is 0 Å². The molecule has 0 saturated carbocycles. The Bertz CT molecular complexity index is 491. The molecular formula is C14H19Br2NO2. The Morgan fingerprint density at radius 1 is 1.21 bits per heavy atom. The monoisotopic (exact) mass is 391 g/mol. The minimum atomic E-state index is -0.0981. The minimum Gasteiger partial charge on any atom is -0.506 e. The number of aromatic hydroxyl groups is 1. The molecule has 0 bridgehead atoms. The normalized spacial score (nSPS) is 11.2. The van der Waals surface area contributed by atoms with E-state index in [1.54, 1.807) is 17.9 Å². The second kappa shape index (κ2) is 6.27. The number of amides is 1. The second-order valence-electron chi connectivity index (χ2n) is 5.11. The molecule has 1 aromatic rings. The van der Waals surface area contributed by atoms with E-state index in [4.69, 9.17) is 0 Å². The van der Waals surface area contributed by atoms with Crippen molar-refractivity contribution in [1.82, 2.24) is 4.90 Å². The molecule has 0 aliphatic rings. The van der Waals surface area contributed by atoms with Crippen LogP contribution in [0, 0.1) is 6.92 Å². The maximum absolute atomic E-state index is 12.7. The third-order valence-electron chi connectivity index (χ3n) is 2.94. The van der Waals surface area contributed by atoms with E-state index in [2.05, 4.69) is 31.9 Å². The molecule has 1 N–H and O–H groups in total. The van der Waals surface area contributed by atoms with Crippen molar-refractivity contribution in [1.29, 1.82) is 0 Å². The third-order valence-corrected chi connectivity index (χ3v) is 4.34. The lowest BCUT2D eigenvalue weighted by Crippen LogP contribution is -2.42. The van der Waals surface area contributed by atoms with Crippen LogP contribution in [-0.2, 0) is 0 Å². The van der Waals surface area contributed by atoms with Crippen molar-refractivity contribution in [2.24, 2.45) is 0 Å². The molecular weight excluding hydrogens is 374 g/mol. The van der Waals surface area contributed by atoms with Gasteiger partial charge < -0.3 is 10.0 Å². The Labute approximate surface area is 131 Å². The minimum absolute atomic E-state index is 0.0924. The lowest BCUT2D eigenvalue weighted by atomic mass is 10.1. The molecule has 1 amide bonds. The van der Waals surface area contributed by atoms with Crippen molar-refractivity contribution in [2.75, 3.05) is 0 Å². The van der Waals surface area contributed by atoms with Crippen LogP contribution >= 0.6 is 31.9 Å². The maximum Gasteiger partial charge on any atom is 0.256 e. The number of rotatable bonds is 3. The number of aryl methyl sites for hydroxylation is 1. The van der Waals surface area contributed by atoms with Crippen molar-refractivity contribution in [3.05, 3.63) is 26.1 Å². The molecule has 0 aliphatic heterocycles. The number of benzene rings is 1. The first kappa shape index (κ1) is 16.5. The van der Waals surface area contributed by atoms with Gasteiger partial charge >= 0.3 is 0 Å². The van der Waals surface area contributed by atoms with Crippen molar-refractivity contribution in [2.45, 2.75) is 46.7 Å². The Kier molecular flexibility index (Phi) is 5.44. The summed E-state index contributed by atoms with van der Waals surface area (Å²) in [6, 6.07) is 1.94. The van der Waals surface area contributed by atoms with E-state index < -0.39 is 0 Å². The van der Waals surface area contributed by atoms with Gasteiger partial charge in [0.2, 0.25) is 0 Å². The highest BCUT2D eigenvalue weighted by Crippen LogP contribution is 2.37. The maximum atomic E-state index is 12.7. The molecule has 0 aromatic heterocycles. The number of phenolic OH excluding ortho intramolecular Hbond substituents is 1. The van der Waals surface area contributed by atoms with Crippen LogP contribution in [0.5, 0.6) is 5.75 Å². The fourth-order valence-corrected chi connectivity index (χ4v) is 3.79. The van der Waals surface area contributed by atoms with Crippen LogP contribution in [0.1, 0.15) is 43.6 Å². The van der Waals surface area contributed by atoms with Gasteiger partial charge in [0.15, 0.2) is 0 Å². The largest absolute Gasteiger partial charge is 0.506 e. The molecule has 0 fully saturated rings. The predicted molar refractivity (Wildman–Crippen MR) is 84.7 cm³/mol. The summed E-state index contributed by atoms with van der Waals surface area (Å²) >= 11 is 6.73. The number of phenols is 1. The van der Waals surface area contributed by atoms with Gasteiger partial charge in [-0.2, -0.15) is 0 Å². The van der Waals surface area contributed by atoms with Crippen molar-refractivity contribution in [3.63, 3.8) is 0 Å². The second-order valence-corrected chi connectivity index (χ2v) is 6.76. The zero-order chi connectivity index (χ0) is 14.9. The quantitative estimate of drug-likeness (QED) is 0.823. The molecule has 0 radical (unpaired) electrons. The zero-order valence-corrected chi connectivity index (χ0v) is 15.0. The number of carbonyl (C=O) groups is 1. The standard InChI is InChI=1S/C14H19Br2NO2/c1-7(2)17(8(3)4)14(19)11-10(15)6-9(5)13(18)12(11)16/h6-8,18H,1-5H3. The van der Waals surface area contributed by atoms with Gasteiger partial charge in [0.25, 0.3) is 5.91 Å². The number of nitrogens with zero attached hydrogens (tertiary/aromatic N) is 1. The highest BCUT2D eigenvalue weighted by molar-refractivity contribution is 9.11. The molecule has 1 aromatic carbocycles. The van der Waals surface area contributed by atoms with Crippen LogP contribution in [-0.4, -0.2) is 28.0 Å². The fraction of sp³-hybridized carbons (Fsp3) is 0.500. The SMILES string of the molecule is Cc1cc(Br)c(C(=O)N(C(C)C)C(C)C)c(Br)c1O. The summed E-state index contributed by atoms with van der Waals surface area (Å²) in [5.41, 5.74) is 1.18. The van der Waals surface area contributed by atoms with Gasteiger partial charge in [-0.15, -0.1) is 0 Å². The van der Waals surface area contributed by atoms with E-state index in [1.807, 2.05) is 27.7 Å². The average molecular weight is 393 g/mol. The first-order valence-electron chi connectivity index (χ1n) is 6.18. The summed E-state index contributed by atoms with van der Waals surface area (Å²) in [4.78, 5) is 14.5. The molecule has 0 heterocycles. The predicted octanol–water partition coefficient (Wildman–Crippen LogP) is 4.48. The highest BCUT2D eigenvalue weighted by atomic mass is 79.9. The first-order chi connectivity index (χ1) is 8.68. The molecule has 0 unspecified atom stereocenters. The lowest BCUT2D eigenvalue weighted by molar-refractivity contribution is 0.0641. The summed E-state index contributed by atoms with van der Waals surface area (Å²) < 4.78 is 1.13. The highest BCUT2D eigenvalue weighted by Gasteiger charge is 2.27. The summed E-state index contributed by atoms with van der Waals surface area (Å²) in [5, 5.41) is 9.98. The summed E-state index contributed by atoms with van der Waals surface area (Å²) in [6.45, 7) is 9.71. The van der Waals surface area contributed by atoms with Crippen molar-refractivity contribution in [3.8, 4) is 5.75 Å². The van der Waals surface area contributed by atoms with Crippen LogP contribution in [0.3, 0.4) is 0 Å². The number of hydrogen-bond acceptors (Lipinski definition) is 2. The zero-order valence-electron chi connectivity index (χ0n) is 11.8. The number of hydrogen-bond donors (Lipinski definition) is 1. The molecule has 19 heavy (non-hydrogen) atoms. The van der Waals surface area contributed by atoms with E-state index in [0.717, 1.165) is 5.56 Å². The van der Waals surface area contributed by atoms with Gasteiger partial charge in [-0.1, -0.05) is 0 Å². The van der Waals surface area contributed by atoms with Crippen LogP contribution in [0.25, 0.3) is 0 Å². The molecule has 1 rings (SSSR count). The van der Waals surface area contributed by atoms with Gasteiger partial charge in [-0.25, -0.2) is 0 Å². The van der Waals surface area contributed by atoms with Crippen molar-refractivity contribution >= 4 is 37.8 Å². The fourth-order valence-electron chi connectivity index (χ4n) is 2.12. The van der Waals surface area contributed by atoms with Crippen LogP contribution in [0.15, 0.2) is 15.0 Å². The molecule has 0 saturated heterocycles. The van der Waals surface area contributed by atoms with Crippen LogP contribution in [0.4, 0.5) is 0 Å². The lowest BCUT2D eigenvalue weighted by Gasteiger charge is -2.31. The number of carbonyl (C=O) groups excluding carboxylic acids is 1. The molecule has 0 spiro atoms. The van der Waals surface area contributed by atoms with Gasteiger partial charge in [-0.3, -0.25) is 4.79 Å². The Morgan fingerprint density at radius 3 is 2.11 bits per heavy atom. The Morgan fingerprint density at radius 2 is 1.68 bits per heavy atom. The molecule has 3 nitrogen and oxygen atoms in total. The summed E-state index contributed by atoms with van der Waals surface area (Å²) in [6.07, 6.45) is 0. The topological polar surface area (TPSA) is 40.5 Å². The molecule has 0 aliphatic carbocycles. The van der Waals surface area contributed by atoms with Gasteiger partial charge in [0.05, 0.1) is 10.0 Å². The van der Waals surface area contributed by atoms with E-state index in [9.17, 15) is 9.90 Å². The molecule has 5 heteroatoms. The first-order valence-corrected chi connectivity index (χ1v) is 7.77. The van der Waals surface area contributed by atoms with E-state index in [-0.39, 0.29) is 23.7 Å². The molecule has 0 atom stereocenters. The van der Waals surface area contributed by atoms with E-state index in [0.29, 0.717) is 14.5 Å². The Hall–Kier alpha value is -0.550. The van der Waals surface area contributed by atoms with E-state index in [1.165, 1.54) is 0 Å². The summed E-state index contributed by atoms with van der Waals surface area (Å²) in [5.74, 6) is 0.0121. The smallest absolute Gasteiger partial charge is 0.256 e. The van der Waals surface area contributed by atoms with Gasteiger partial charge in [-0.05, 0) is 78.1 Å². The van der Waals surface area contributed by atoms with Gasteiger partial charge in [0, 0.05) is 16.6 Å². The third kappa shape index (κ3) is 3.31. The number of halogens is 2. The summed E-state index contributed by atoms with van der Waals surface area (Å²) in [7, 11) is 0.